The minimum Gasteiger partial charge on any atom is -0.319 e. The quantitative estimate of drug-likeness (QED) is 0.845. The number of ether oxygens (including phenoxy) is 1. The van der Waals surface area contributed by atoms with Gasteiger partial charge in [0.1, 0.15) is 0 Å². The van der Waals surface area contributed by atoms with Crippen LogP contribution in [-0.4, -0.2) is 25.3 Å². The predicted molar refractivity (Wildman–Crippen MR) is 85.8 cm³/mol. The van der Waals surface area contributed by atoms with Crippen molar-refractivity contribution in [3.05, 3.63) is 0 Å². The summed E-state index contributed by atoms with van der Waals surface area (Å²) in [6.07, 6.45) is 2.49. The van der Waals surface area contributed by atoms with Gasteiger partial charge in [0, 0.05) is 12.0 Å². The first-order valence-corrected chi connectivity index (χ1v) is 8.79. The van der Waals surface area contributed by atoms with Gasteiger partial charge >= 0.3 is 6.61 Å². The SMILES string of the molecule is CC1CC(C2CC(C#N)CCC2OC(F)F)C(C(C)(C)C)CN1. The van der Waals surface area contributed by atoms with Crippen molar-refractivity contribution in [2.75, 3.05) is 6.54 Å². The van der Waals surface area contributed by atoms with E-state index in [0.717, 1.165) is 13.0 Å². The Balaban J connectivity index is 2.24. The van der Waals surface area contributed by atoms with Gasteiger partial charge in [-0.05, 0) is 62.3 Å². The molecule has 1 saturated carbocycles. The molecule has 1 saturated heterocycles. The molecule has 23 heavy (non-hydrogen) atoms. The Hall–Kier alpha value is -0.730. The Labute approximate surface area is 138 Å². The molecule has 0 aromatic carbocycles. The van der Waals surface area contributed by atoms with Crippen LogP contribution in [0.4, 0.5) is 8.78 Å². The van der Waals surface area contributed by atoms with Crippen molar-refractivity contribution in [3.8, 4) is 6.07 Å². The van der Waals surface area contributed by atoms with E-state index in [4.69, 9.17) is 4.74 Å². The van der Waals surface area contributed by atoms with Gasteiger partial charge in [0.25, 0.3) is 0 Å². The van der Waals surface area contributed by atoms with E-state index in [0.29, 0.717) is 37.1 Å². The summed E-state index contributed by atoms with van der Waals surface area (Å²) in [7, 11) is 0. The van der Waals surface area contributed by atoms with Gasteiger partial charge in [0.05, 0.1) is 12.2 Å². The third-order valence-corrected chi connectivity index (χ3v) is 5.79. The van der Waals surface area contributed by atoms with Gasteiger partial charge in [0.2, 0.25) is 0 Å². The molecule has 1 aliphatic carbocycles. The molecule has 2 rings (SSSR count). The van der Waals surface area contributed by atoms with E-state index in [9.17, 15) is 14.0 Å². The summed E-state index contributed by atoms with van der Waals surface area (Å²) in [6, 6.07) is 2.74. The Morgan fingerprint density at radius 2 is 1.87 bits per heavy atom. The first kappa shape index (κ1) is 18.6. The summed E-state index contributed by atoms with van der Waals surface area (Å²) >= 11 is 0. The molecular weight excluding hydrogens is 298 g/mol. The van der Waals surface area contributed by atoms with Crippen LogP contribution in [0.5, 0.6) is 0 Å². The van der Waals surface area contributed by atoms with Gasteiger partial charge in [0.15, 0.2) is 0 Å². The molecule has 6 atom stereocenters. The van der Waals surface area contributed by atoms with Crippen LogP contribution in [0.15, 0.2) is 0 Å². The lowest BCUT2D eigenvalue weighted by Gasteiger charge is -2.49. The molecule has 3 nitrogen and oxygen atoms in total. The summed E-state index contributed by atoms with van der Waals surface area (Å²) in [5.41, 5.74) is 0.104. The Bertz CT molecular complexity index is 430. The van der Waals surface area contributed by atoms with Gasteiger partial charge in [-0.1, -0.05) is 20.8 Å². The smallest absolute Gasteiger partial charge is 0.319 e. The molecule has 2 aliphatic rings. The molecule has 0 bridgehead atoms. The predicted octanol–water partition coefficient (Wildman–Crippen LogP) is 4.19. The molecule has 6 unspecified atom stereocenters. The fourth-order valence-corrected chi connectivity index (χ4v) is 4.60. The number of hydrogen-bond donors (Lipinski definition) is 1. The zero-order valence-corrected chi connectivity index (χ0v) is 14.7. The van der Waals surface area contributed by atoms with Gasteiger partial charge in [-0.2, -0.15) is 14.0 Å². The van der Waals surface area contributed by atoms with Crippen molar-refractivity contribution >= 4 is 0 Å². The largest absolute Gasteiger partial charge is 0.345 e. The monoisotopic (exact) mass is 328 g/mol. The lowest BCUT2D eigenvalue weighted by Crippen LogP contribution is -2.52. The Kier molecular flexibility index (Phi) is 6.02. The number of piperidine rings is 1. The first-order valence-electron chi connectivity index (χ1n) is 8.79. The van der Waals surface area contributed by atoms with Gasteiger partial charge in [-0.15, -0.1) is 0 Å². The number of rotatable bonds is 3. The standard InChI is InChI=1S/C18H30F2N2O/c1-11-7-13(15(10-22-11)18(2,3)4)14-8-12(9-21)5-6-16(14)23-17(19)20/h11-17,22H,5-8,10H2,1-4H3. The maximum Gasteiger partial charge on any atom is 0.345 e. The number of alkyl halides is 2. The van der Waals surface area contributed by atoms with Gasteiger partial charge < -0.3 is 10.1 Å². The molecule has 0 radical (unpaired) electrons. The zero-order valence-electron chi connectivity index (χ0n) is 14.7. The normalized spacial score (nSPS) is 39.2. The van der Waals surface area contributed by atoms with Crippen LogP contribution >= 0.6 is 0 Å². The van der Waals surface area contributed by atoms with Crippen molar-refractivity contribution in [2.24, 2.45) is 29.1 Å². The van der Waals surface area contributed by atoms with Crippen LogP contribution in [0, 0.1) is 40.4 Å². The zero-order chi connectivity index (χ0) is 17.2. The van der Waals surface area contributed by atoms with Crippen LogP contribution in [0.1, 0.15) is 53.4 Å². The highest BCUT2D eigenvalue weighted by atomic mass is 19.3. The summed E-state index contributed by atoms with van der Waals surface area (Å²) in [5.74, 6) is 0.760. The minimum atomic E-state index is -2.73. The number of nitriles is 1. The molecule has 0 aromatic heterocycles. The average Bonchev–Trinajstić information content (AvgIpc) is 2.45. The van der Waals surface area contributed by atoms with Gasteiger partial charge in [-0.25, -0.2) is 0 Å². The molecule has 132 valence electrons. The molecule has 1 aliphatic heterocycles. The molecular formula is C18H30F2N2O. The van der Waals surface area contributed by atoms with Crippen molar-refractivity contribution in [1.82, 2.24) is 5.32 Å². The number of halogens is 2. The molecule has 1 N–H and O–H groups in total. The molecule has 1 heterocycles. The van der Waals surface area contributed by atoms with E-state index in [1.807, 2.05) is 0 Å². The lowest BCUT2D eigenvalue weighted by molar-refractivity contribution is -0.196. The third-order valence-electron chi connectivity index (χ3n) is 5.79. The second kappa shape index (κ2) is 7.44. The second-order valence-corrected chi connectivity index (χ2v) is 8.42. The van der Waals surface area contributed by atoms with E-state index in [1.165, 1.54) is 0 Å². The van der Waals surface area contributed by atoms with Crippen LogP contribution < -0.4 is 5.32 Å². The van der Waals surface area contributed by atoms with E-state index in [-0.39, 0.29) is 17.3 Å². The maximum absolute atomic E-state index is 12.8. The summed E-state index contributed by atoms with van der Waals surface area (Å²) in [5, 5.41) is 12.8. The first-order chi connectivity index (χ1) is 10.7. The number of hydrogen-bond acceptors (Lipinski definition) is 3. The Morgan fingerprint density at radius 3 is 2.43 bits per heavy atom. The third kappa shape index (κ3) is 4.64. The van der Waals surface area contributed by atoms with E-state index in [1.54, 1.807) is 0 Å². The average molecular weight is 328 g/mol. The molecule has 0 spiro atoms. The highest BCUT2D eigenvalue weighted by Gasteiger charge is 2.45. The topological polar surface area (TPSA) is 45.0 Å². The van der Waals surface area contributed by atoms with Gasteiger partial charge in [-0.3, -0.25) is 0 Å². The van der Waals surface area contributed by atoms with Crippen molar-refractivity contribution in [2.45, 2.75) is 72.1 Å². The highest BCUT2D eigenvalue weighted by molar-refractivity contribution is 4.99. The molecule has 0 amide bonds. The highest BCUT2D eigenvalue weighted by Crippen LogP contribution is 2.46. The summed E-state index contributed by atoms with van der Waals surface area (Å²) in [6.45, 7) is 6.99. The van der Waals surface area contributed by atoms with E-state index in [2.05, 4.69) is 39.1 Å². The maximum atomic E-state index is 12.8. The van der Waals surface area contributed by atoms with E-state index < -0.39 is 12.7 Å². The molecule has 5 heteroatoms. The number of nitrogens with zero attached hydrogens (tertiary/aromatic N) is 1. The van der Waals surface area contributed by atoms with Crippen LogP contribution in [0.2, 0.25) is 0 Å². The van der Waals surface area contributed by atoms with Crippen LogP contribution in [0.25, 0.3) is 0 Å². The summed E-state index contributed by atoms with van der Waals surface area (Å²) in [4.78, 5) is 0. The van der Waals surface area contributed by atoms with E-state index >= 15 is 0 Å². The Morgan fingerprint density at radius 1 is 1.17 bits per heavy atom. The van der Waals surface area contributed by atoms with Crippen LogP contribution in [-0.2, 0) is 4.74 Å². The molecule has 2 fully saturated rings. The fraction of sp³-hybridized carbons (Fsp3) is 0.944. The fourth-order valence-electron chi connectivity index (χ4n) is 4.60. The van der Waals surface area contributed by atoms with Crippen LogP contribution in [0.3, 0.4) is 0 Å². The minimum absolute atomic E-state index is 0.0247. The van der Waals surface area contributed by atoms with Crippen molar-refractivity contribution < 1.29 is 13.5 Å². The summed E-state index contributed by atoms with van der Waals surface area (Å²) < 4.78 is 30.7. The number of nitrogens with one attached hydrogen (secondary N) is 1. The van der Waals surface area contributed by atoms with Crippen molar-refractivity contribution in [1.29, 1.82) is 5.26 Å². The van der Waals surface area contributed by atoms with Crippen molar-refractivity contribution in [3.63, 3.8) is 0 Å². The lowest BCUT2D eigenvalue weighted by atomic mass is 9.60. The second-order valence-electron chi connectivity index (χ2n) is 8.42. The molecule has 0 aromatic rings.